The Morgan fingerprint density at radius 1 is 1.12 bits per heavy atom. The SMILES string of the molecule is Cc1ccc(C2=NN(c3ccc(CC(=O)CS(=O)(=O)c4ccc(Cl)s4)cn3)C(=O)C2)cc1. The number of hydrogen-bond acceptors (Lipinski definition) is 7. The second kappa shape index (κ2) is 8.93. The first-order valence-corrected chi connectivity index (χ1v) is 12.5. The third kappa shape index (κ3) is 4.95. The van der Waals surface area contributed by atoms with Gasteiger partial charge in [-0.25, -0.2) is 13.4 Å². The molecule has 0 N–H and O–H groups in total. The number of benzene rings is 1. The number of pyridine rings is 1. The van der Waals surface area contributed by atoms with Crippen molar-refractivity contribution in [1.82, 2.24) is 4.98 Å². The Bertz CT molecular complexity index is 1310. The molecule has 0 saturated heterocycles. The highest BCUT2D eigenvalue weighted by atomic mass is 35.5. The second-order valence-electron chi connectivity index (χ2n) is 7.35. The highest BCUT2D eigenvalue weighted by molar-refractivity contribution is 7.94. The number of aryl methyl sites for hydroxylation is 1. The summed E-state index contributed by atoms with van der Waals surface area (Å²) in [7, 11) is -3.73. The molecule has 1 aliphatic heterocycles. The number of carbonyl (C=O) groups excluding carboxylic acids is 2. The van der Waals surface area contributed by atoms with Crippen LogP contribution in [0.25, 0.3) is 0 Å². The summed E-state index contributed by atoms with van der Waals surface area (Å²) in [5, 5.41) is 5.64. The lowest BCUT2D eigenvalue weighted by Gasteiger charge is -2.10. The quantitative estimate of drug-likeness (QED) is 0.504. The number of thiophene rings is 1. The number of anilines is 1. The van der Waals surface area contributed by atoms with Crippen molar-refractivity contribution in [2.75, 3.05) is 10.8 Å². The number of amides is 1. The summed E-state index contributed by atoms with van der Waals surface area (Å²) in [5.74, 6) is -0.923. The molecule has 32 heavy (non-hydrogen) atoms. The van der Waals surface area contributed by atoms with Crippen LogP contribution < -0.4 is 5.01 Å². The molecule has 10 heteroatoms. The van der Waals surface area contributed by atoms with Gasteiger partial charge in [0, 0.05) is 12.6 Å². The number of rotatable bonds is 7. The van der Waals surface area contributed by atoms with E-state index in [-0.39, 0.29) is 23.0 Å². The highest BCUT2D eigenvalue weighted by Gasteiger charge is 2.27. The van der Waals surface area contributed by atoms with Gasteiger partial charge in [0.1, 0.15) is 9.96 Å². The molecule has 164 valence electrons. The van der Waals surface area contributed by atoms with Gasteiger partial charge < -0.3 is 0 Å². The number of halogens is 1. The van der Waals surface area contributed by atoms with E-state index < -0.39 is 21.4 Å². The monoisotopic (exact) mass is 487 g/mol. The summed E-state index contributed by atoms with van der Waals surface area (Å²) in [6.45, 7) is 1.99. The van der Waals surface area contributed by atoms with E-state index in [1.807, 2.05) is 31.2 Å². The summed E-state index contributed by atoms with van der Waals surface area (Å²) >= 11 is 6.71. The molecule has 2 aromatic heterocycles. The van der Waals surface area contributed by atoms with Gasteiger partial charge in [-0.3, -0.25) is 9.59 Å². The Kier molecular flexibility index (Phi) is 6.23. The Hall–Kier alpha value is -2.88. The fraction of sp³-hybridized carbons (Fsp3) is 0.182. The molecular formula is C22H18ClN3O4S2. The number of ketones is 1. The molecule has 1 aliphatic rings. The van der Waals surface area contributed by atoms with E-state index >= 15 is 0 Å². The third-order valence-electron chi connectivity index (χ3n) is 4.79. The van der Waals surface area contributed by atoms with Crippen LogP contribution in [0.1, 0.15) is 23.1 Å². The first kappa shape index (κ1) is 22.3. The van der Waals surface area contributed by atoms with Gasteiger partial charge in [0.25, 0.3) is 5.91 Å². The summed E-state index contributed by atoms with van der Waals surface area (Å²) in [6, 6.07) is 13.9. The van der Waals surface area contributed by atoms with Gasteiger partial charge in [0.2, 0.25) is 0 Å². The summed E-state index contributed by atoms with van der Waals surface area (Å²) in [4.78, 5) is 29.0. The molecule has 0 saturated carbocycles. The van der Waals surface area contributed by atoms with Crippen LogP contribution in [-0.4, -0.2) is 36.6 Å². The Balaban J connectivity index is 1.43. The minimum absolute atomic E-state index is 0.0686. The standard InChI is InChI=1S/C22H18ClN3O4S2/c1-14-2-5-16(6-3-14)18-11-21(28)26(25-18)20-8-4-15(12-24-20)10-17(27)13-32(29,30)22-9-7-19(23)31-22/h2-9,12H,10-11,13H2,1H3. The Morgan fingerprint density at radius 3 is 2.50 bits per heavy atom. The second-order valence-corrected chi connectivity index (χ2v) is 11.3. The summed E-state index contributed by atoms with van der Waals surface area (Å²) < 4.78 is 25.1. The van der Waals surface area contributed by atoms with Crippen LogP contribution in [0.3, 0.4) is 0 Å². The maximum absolute atomic E-state index is 12.4. The van der Waals surface area contributed by atoms with E-state index in [2.05, 4.69) is 10.1 Å². The number of hydrogen-bond donors (Lipinski definition) is 0. The van der Waals surface area contributed by atoms with Crippen molar-refractivity contribution in [3.8, 4) is 0 Å². The van der Waals surface area contributed by atoms with E-state index in [1.54, 1.807) is 12.1 Å². The Labute approximate surface area is 194 Å². The maximum atomic E-state index is 12.4. The van der Waals surface area contributed by atoms with Gasteiger partial charge in [-0.1, -0.05) is 47.5 Å². The Morgan fingerprint density at radius 2 is 1.88 bits per heavy atom. The zero-order chi connectivity index (χ0) is 22.9. The maximum Gasteiger partial charge on any atom is 0.254 e. The van der Waals surface area contributed by atoms with Crippen molar-refractivity contribution in [2.24, 2.45) is 5.10 Å². The first-order valence-electron chi connectivity index (χ1n) is 9.63. The molecule has 3 aromatic rings. The third-order valence-corrected chi connectivity index (χ3v) is 8.28. The summed E-state index contributed by atoms with van der Waals surface area (Å²) in [6.07, 6.45) is 1.54. The lowest BCUT2D eigenvalue weighted by Crippen LogP contribution is -2.21. The number of sulfone groups is 1. The smallest absolute Gasteiger partial charge is 0.254 e. The van der Waals surface area contributed by atoms with Crippen molar-refractivity contribution in [3.63, 3.8) is 0 Å². The lowest BCUT2D eigenvalue weighted by atomic mass is 10.1. The number of hydrazone groups is 1. The molecule has 0 spiro atoms. The lowest BCUT2D eigenvalue weighted by molar-refractivity contribution is -0.117. The number of aromatic nitrogens is 1. The van der Waals surface area contributed by atoms with Crippen LogP contribution in [-0.2, 0) is 25.8 Å². The fourth-order valence-electron chi connectivity index (χ4n) is 3.19. The number of Topliss-reactive ketones (excluding diaryl/α,β-unsaturated/α-hetero) is 1. The average Bonchev–Trinajstić information content (AvgIpc) is 3.35. The fourth-order valence-corrected chi connectivity index (χ4v) is 6.00. The largest absolute Gasteiger partial charge is 0.298 e. The minimum atomic E-state index is -3.73. The molecule has 1 amide bonds. The average molecular weight is 488 g/mol. The first-order chi connectivity index (χ1) is 15.2. The van der Waals surface area contributed by atoms with Gasteiger partial charge in [-0.05, 0) is 36.2 Å². The van der Waals surface area contributed by atoms with Crippen molar-refractivity contribution in [3.05, 3.63) is 75.8 Å². The van der Waals surface area contributed by atoms with Gasteiger partial charge >= 0.3 is 0 Å². The van der Waals surface area contributed by atoms with Crippen molar-refractivity contribution in [2.45, 2.75) is 24.0 Å². The van der Waals surface area contributed by atoms with Crippen LogP contribution in [0, 0.1) is 6.92 Å². The molecule has 0 unspecified atom stereocenters. The van der Waals surface area contributed by atoms with Crippen molar-refractivity contribution < 1.29 is 18.0 Å². The summed E-state index contributed by atoms with van der Waals surface area (Å²) in [5.41, 5.74) is 3.21. The van der Waals surface area contributed by atoms with Crippen molar-refractivity contribution >= 4 is 56.0 Å². The topological polar surface area (TPSA) is 96.8 Å². The van der Waals surface area contributed by atoms with Crippen LogP contribution in [0.2, 0.25) is 4.34 Å². The van der Waals surface area contributed by atoms with E-state index in [1.165, 1.54) is 23.3 Å². The van der Waals surface area contributed by atoms with Crippen LogP contribution in [0.4, 0.5) is 5.82 Å². The van der Waals surface area contributed by atoms with E-state index in [0.717, 1.165) is 22.5 Å². The van der Waals surface area contributed by atoms with Gasteiger partial charge in [0.15, 0.2) is 21.4 Å². The van der Waals surface area contributed by atoms with E-state index in [9.17, 15) is 18.0 Å². The molecule has 0 radical (unpaired) electrons. The van der Waals surface area contributed by atoms with Gasteiger partial charge in [0.05, 0.1) is 16.5 Å². The molecule has 0 aliphatic carbocycles. The normalized spacial score (nSPS) is 14.0. The zero-order valence-electron chi connectivity index (χ0n) is 17.0. The van der Waals surface area contributed by atoms with Crippen molar-refractivity contribution in [1.29, 1.82) is 0 Å². The molecular weight excluding hydrogens is 470 g/mol. The molecule has 1 aromatic carbocycles. The molecule has 3 heterocycles. The van der Waals surface area contributed by atoms with Crippen LogP contribution in [0.5, 0.6) is 0 Å². The van der Waals surface area contributed by atoms with Gasteiger partial charge in [-0.2, -0.15) is 10.1 Å². The van der Waals surface area contributed by atoms with Crippen LogP contribution >= 0.6 is 22.9 Å². The molecule has 4 rings (SSSR count). The minimum Gasteiger partial charge on any atom is -0.298 e. The van der Waals surface area contributed by atoms with E-state index in [4.69, 9.17) is 11.6 Å². The van der Waals surface area contributed by atoms with Crippen LogP contribution in [0.15, 0.2) is 64.0 Å². The predicted octanol–water partition coefficient (Wildman–Crippen LogP) is 3.83. The molecule has 0 bridgehead atoms. The predicted molar refractivity (Wildman–Crippen MR) is 124 cm³/mol. The molecule has 7 nitrogen and oxygen atoms in total. The highest BCUT2D eigenvalue weighted by Crippen LogP contribution is 2.27. The number of carbonyl (C=O) groups is 2. The van der Waals surface area contributed by atoms with Gasteiger partial charge in [-0.15, -0.1) is 11.3 Å². The number of nitrogens with zero attached hydrogens (tertiary/aromatic N) is 3. The van der Waals surface area contributed by atoms with E-state index in [0.29, 0.717) is 21.4 Å². The zero-order valence-corrected chi connectivity index (χ0v) is 19.4. The molecule has 0 fully saturated rings. The molecule has 0 atom stereocenters.